The second-order valence-electron chi connectivity index (χ2n) is 8.20. The second-order valence-corrected chi connectivity index (χ2v) is 9.12. The van der Waals surface area contributed by atoms with Gasteiger partial charge in [0.05, 0.1) is 12.2 Å². The number of nitrogens with two attached hydrogens (primary N) is 1. The molecule has 0 amide bonds. The first-order valence-electron chi connectivity index (χ1n) is 9.35. The molecule has 1 aromatic rings. The van der Waals surface area contributed by atoms with E-state index in [1.165, 1.54) is 0 Å². The van der Waals surface area contributed by atoms with Crippen LogP contribution in [0.4, 0.5) is 5.69 Å². The standard InChI is InChI=1S/C21H21BrN2O5/c1-4-28-18(26)16-17(23)24-12-6-5-10(22)7-11(12)21(16)15-13(25)8-20(2,3)9-14(15)29-19(21)27/h5-7,24H,4,8-9,23H2,1-3H3/t21-/m1/s1. The first kappa shape index (κ1) is 19.7. The van der Waals surface area contributed by atoms with Crippen molar-refractivity contribution >= 4 is 39.3 Å². The van der Waals surface area contributed by atoms with Crippen LogP contribution in [0.5, 0.6) is 0 Å². The van der Waals surface area contributed by atoms with E-state index in [9.17, 15) is 14.4 Å². The van der Waals surface area contributed by atoms with E-state index in [1.807, 2.05) is 13.8 Å². The summed E-state index contributed by atoms with van der Waals surface area (Å²) in [6, 6.07) is 5.22. The smallest absolute Gasteiger partial charge is 0.339 e. The lowest BCUT2D eigenvalue weighted by molar-refractivity contribution is -0.146. The van der Waals surface area contributed by atoms with E-state index in [1.54, 1.807) is 25.1 Å². The number of hydrogen-bond acceptors (Lipinski definition) is 7. The number of anilines is 1. The first-order valence-corrected chi connectivity index (χ1v) is 10.1. The number of fused-ring (bicyclic) bond motifs is 3. The highest BCUT2D eigenvalue weighted by Crippen LogP contribution is 2.56. The lowest BCUT2D eigenvalue weighted by Crippen LogP contribution is -2.48. The van der Waals surface area contributed by atoms with E-state index in [0.29, 0.717) is 27.9 Å². The van der Waals surface area contributed by atoms with Gasteiger partial charge >= 0.3 is 11.9 Å². The van der Waals surface area contributed by atoms with Crippen LogP contribution in [-0.4, -0.2) is 24.3 Å². The molecule has 1 atom stereocenters. The van der Waals surface area contributed by atoms with Gasteiger partial charge in [0.2, 0.25) is 0 Å². The zero-order chi connectivity index (χ0) is 21.1. The van der Waals surface area contributed by atoms with Crippen LogP contribution in [0.3, 0.4) is 0 Å². The Bertz CT molecular complexity index is 1040. The van der Waals surface area contributed by atoms with Crippen molar-refractivity contribution < 1.29 is 23.9 Å². The normalized spacial score (nSPS) is 24.8. The SMILES string of the molecule is CCOC(=O)C1=C(N)Nc2ccc(Br)cc2[C@]12C(=O)OC1=C2C(=O)CC(C)(C)C1. The topological polar surface area (TPSA) is 108 Å². The monoisotopic (exact) mass is 460 g/mol. The minimum Gasteiger partial charge on any atom is -0.462 e. The highest BCUT2D eigenvalue weighted by Gasteiger charge is 2.64. The Morgan fingerprint density at radius 3 is 2.72 bits per heavy atom. The molecule has 1 spiro atoms. The lowest BCUT2D eigenvalue weighted by atomic mass is 9.62. The number of rotatable bonds is 2. The molecule has 3 N–H and O–H groups in total. The van der Waals surface area contributed by atoms with Crippen molar-refractivity contribution in [2.45, 2.75) is 39.0 Å². The van der Waals surface area contributed by atoms with Gasteiger partial charge in [-0.3, -0.25) is 4.79 Å². The third kappa shape index (κ3) is 2.73. The van der Waals surface area contributed by atoms with Crippen molar-refractivity contribution in [1.82, 2.24) is 0 Å². The summed E-state index contributed by atoms with van der Waals surface area (Å²) in [6.07, 6.45) is 0.644. The van der Waals surface area contributed by atoms with E-state index in [4.69, 9.17) is 15.2 Å². The fraction of sp³-hybridized carbons (Fsp3) is 0.381. The van der Waals surface area contributed by atoms with E-state index in [0.717, 1.165) is 0 Å². The molecule has 7 nitrogen and oxygen atoms in total. The molecule has 0 aromatic heterocycles. The molecule has 3 aliphatic rings. The molecule has 2 heterocycles. The lowest BCUT2D eigenvalue weighted by Gasteiger charge is -2.38. The number of carbonyl (C=O) groups is 3. The summed E-state index contributed by atoms with van der Waals surface area (Å²) < 4.78 is 11.6. The molecular formula is C21H21BrN2O5. The Kier molecular flexibility index (Phi) is 4.38. The predicted octanol–water partition coefficient (Wildman–Crippen LogP) is 3.05. The number of nitrogens with one attached hydrogen (secondary N) is 1. The first-order chi connectivity index (χ1) is 13.6. The molecule has 152 valence electrons. The van der Waals surface area contributed by atoms with Gasteiger partial charge in [-0.15, -0.1) is 0 Å². The van der Waals surface area contributed by atoms with Crippen molar-refractivity contribution in [2.24, 2.45) is 11.1 Å². The van der Waals surface area contributed by atoms with Gasteiger partial charge in [-0.1, -0.05) is 29.8 Å². The highest BCUT2D eigenvalue weighted by molar-refractivity contribution is 9.10. The molecule has 0 radical (unpaired) electrons. The Morgan fingerprint density at radius 2 is 2.03 bits per heavy atom. The van der Waals surface area contributed by atoms with E-state index >= 15 is 0 Å². The molecular weight excluding hydrogens is 440 g/mol. The van der Waals surface area contributed by atoms with Gasteiger partial charge in [-0.05, 0) is 30.5 Å². The Labute approximate surface area is 176 Å². The summed E-state index contributed by atoms with van der Waals surface area (Å²) in [5.74, 6) is -1.42. The van der Waals surface area contributed by atoms with Crippen LogP contribution in [0, 0.1) is 5.41 Å². The summed E-state index contributed by atoms with van der Waals surface area (Å²) in [5, 5.41) is 2.97. The predicted molar refractivity (Wildman–Crippen MR) is 108 cm³/mol. The number of halogens is 1. The van der Waals surface area contributed by atoms with Gasteiger partial charge in [0.1, 0.15) is 17.2 Å². The molecule has 0 bridgehead atoms. The third-order valence-electron chi connectivity index (χ3n) is 5.51. The maximum absolute atomic E-state index is 13.5. The summed E-state index contributed by atoms with van der Waals surface area (Å²) in [4.78, 5) is 39.7. The van der Waals surface area contributed by atoms with Crippen molar-refractivity contribution in [3.05, 3.63) is 51.0 Å². The number of Topliss-reactive ketones (excluding diaryl/α,β-unsaturated/α-hetero) is 1. The molecule has 0 fully saturated rings. The quantitative estimate of drug-likeness (QED) is 0.652. The Hall–Kier alpha value is -2.61. The summed E-state index contributed by atoms with van der Waals surface area (Å²) >= 11 is 3.42. The highest BCUT2D eigenvalue weighted by atomic mass is 79.9. The molecule has 1 aliphatic carbocycles. The van der Waals surface area contributed by atoms with Crippen LogP contribution in [0.1, 0.15) is 39.2 Å². The summed E-state index contributed by atoms with van der Waals surface area (Å²) in [6.45, 7) is 5.64. The van der Waals surface area contributed by atoms with Crippen LogP contribution in [0.2, 0.25) is 0 Å². The summed E-state index contributed by atoms with van der Waals surface area (Å²) in [7, 11) is 0. The van der Waals surface area contributed by atoms with Crippen molar-refractivity contribution in [2.75, 3.05) is 11.9 Å². The van der Waals surface area contributed by atoms with Gasteiger partial charge in [0, 0.05) is 28.6 Å². The number of carbonyl (C=O) groups excluding carboxylic acids is 3. The van der Waals surface area contributed by atoms with E-state index in [2.05, 4.69) is 21.2 Å². The minimum atomic E-state index is -1.75. The Balaban J connectivity index is 2.08. The maximum Gasteiger partial charge on any atom is 0.339 e. The molecule has 2 aliphatic heterocycles. The fourth-order valence-electron chi connectivity index (χ4n) is 4.48. The second kappa shape index (κ2) is 6.45. The van der Waals surface area contributed by atoms with Crippen LogP contribution in [0.25, 0.3) is 0 Å². The number of hydrogen-bond donors (Lipinski definition) is 2. The van der Waals surface area contributed by atoms with Crippen molar-refractivity contribution in [3.63, 3.8) is 0 Å². The number of ketones is 1. The molecule has 0 saturated carbocycles. The molecule has 0 saturated heterocycles. The average Bonchev–Trinajstić information content (AvgIpc) is 2.87. The van der Waals surface area contributed by atoms with E-state index in [-0.39, 0.29) is 41.2 Å². The van der Waals surface area contributed by atoms with Gasteiger partial charge in [0.25, 0.3) is 0 Å². The summed E-state index contributed by atoms with van der Waals surface area (Å²) in [5.41, 5.74) is 5.17. The Morgan fingerprint density at radius 1 is 1.31 bits per heavy atom. The van der Waals surface area contributed by atoms with Gasteiger partial charge in [0.15, 0.2) is 11.2 Å². The van der Waals surface area contributed by atoms with Gasteiger partial charge in [-0.25, -0.2) is 9.59 Å². The average molecular weight is 461 g/mol. The molecule has 4 rings (SSSR count). The number of esters is 2. The van der Waals surface area contributed by atoms with Crippen LogP contribution in [-0.2, 0) is 29.3 Å². The minimum absolute atomic E-state index is 0.0263. The molecule has 0 unspecified atom stereocenters. The van der Waals surface area contributed by atoms with Crippen LogP contribution >= 0.6 is 15.9 Å². The molecule has 8 heteroatoms. The van der Waals surface area contributed by atoms with Crippen LogP contribution in [0.15, 0.2) is 45.4 Å². The van der Waals surface area contributed by atoms with Crippen LogP contribution < -0.4 is 11.1 Å². The fourth-order valence-corrected chi connectivity index (χ4v) is 4.84. The van der Waals surface area contributed by atoms with Gasteiger partial charge < -0.3 is 20.5 Å². The van der Waals surface area contributed by atoms with Crippen molar-refractivity contribution in [1.29, 1.82) is 0 Å². The molecule has 29 heavy (non-hydrogen) atoms. The number of ether oxygens (including phenoxy) is 2. The number of allylic oxidation sites excluding steroid dienone is 1. The van der Waals surface area contributed by atoms with E-state index < -0.39 is 17.4 Å². The molecule has 1 aromatic carbocycles. The maximum atomic E-state index is 13.5. The zero-order valence-corrected chi connectivity index (χ0v) is 17.9. The third-order valence-corrected chi connectivity index (χ3v) is 6.01. The number of benzene rings is 1. The van der Waals surface area contributed by atoms with Gasteiger partial charge in [-0.2, -0.15) is 0 Å². The zero-order valence-electron chi connectivity index (χ0n) is 16.3. The largest absolute Gasteiger partial charge is 0.462 e. The van der Waals surface area contributed by atoms with Crippen molar-refractivity contribution in [3.8, 4) is 0 Å².